The highest BCUT2D eigenvalue weighted by Crippen LogP contribution is 2.30. The van der Waals surface area contributed by atoms with Gasteiger partial charge in [0.05, 0.1) is 29.7 Å². The van der Waals surface area contributed by atoms with Crippen molar-refractivity contribution in [2.75, 3.05) is 30.7 Å². The Hall–Kier alpha value is -7.09. The van der Waals surface area contributed by atoms with E-state index in [-0.39, 0.29) is 81.6 Å². The molecule has 0 fully saturated rings. The Morgan fingerprint density at radius 2 is 1.61 bits per heavy atom. The maximum atomic E-state index is 13.6. The number of pyridine rings is 1. The summed E-state index contributed by atoms with van der Waals surface area (Å²) in [5.74, 6) is -1.79. The van der Waals surface area contributed by atoms with E-state index in [1.54, 1.807) is 52.0 Å². The number of hydrogen-bond donors (Lipinski definition) is 7. The standard InChI is InChI=1S/C46H61N11O9/c1-6-55(25-34-53-39-40(57(34)27-46(4,5)65)31-13-9-10-14-32(31)51-41(39)47)45(64)66-26-29-17-19-30(20-18-29)50-42(61)33(15-12-23-49-44(48)63)52-43(62)38(28(2)3)54-35(58)16-8-7-11-24-56-36(59)21-22-37(56)60/h9-10,13-14,17-22,28,33,38,65H,6-8,11-12,15-16,23-27H2,1-5H3,(H2,47,51)(H,50,61)(H,52,62)(H,54,58)(H3,48,49,63). The molecular formula is C46H61N11O9. The van der Waals surface area contributed by atoms with Crippen LogP contribution in [0.15, 0.2) is 60.7 Å². The Balaban J connectivity index is 1.17. The first kappa shape index (κ1) is 49.9. The number of anilines is 2. The van der Waals surface area contributed by atoms with Gasteiger partial charge in [-0.3, -0.25) is 28.9 Å². The maximum Gasteiger partial charge on any atom is 0.410 e. The van der Waals surface area contributed by atoms with Crippen LogP contribution in [0.1, 0.15) is 84.5 Å². The van der Waals surface area contributed by atoms with Crippen LogP contribution in [-0.2, 0) is 48.4 Å². The highest BCUT2D eigenvalue weighted by atomic mass is 16.6. The van der Waals surface area contributed by atoms with Gasteiger partial charge in [0, 0.05) is 49.3 Å². The third kappa shape index (κ3) is 13.7. The van der Waals surface area contributed by atoms with Crippen molar-refractivity contribution in [2.45, 2.75) is 111 Å². The average Bonchev–Trinajstić information content (AvgIpc) is 3.78. The number of imide groups is 1. The molecule has 0 aliphatic carbocycles. The Kier molecular flexibility index (Phi) is 17.2. The number of nitrogens with zero attached hydrogens (tertiary/aromatic N) is 5. The second-order valence-electron chi connectivity index (χ2n) is 17.1. The number of nitrogens with two attached hydrogens (primary N) is 2. The molecule has 2 unspecified atom stereocenters. The van der Waals surface area contributed by atoms with Crippen LogP contribution < -0.4 is 32.7 Å². The number of benzene rings is 2. The van der Waals surface area contributed by atoms with Gasteiger partial charge in [-0.25, -0.2) is 19.6 Å². The van der Waals surface area contributed by atoms with Gasteiger partial charge in [-0.2, -0.15) is 0 Å². The minimum absolute atomic E-state index is 0.0620. The molecule has 5 rings (SSSR count). The molecule has 2 aromatic carbocycles. The Morgan fingerprint density at radius 1 is 0.909 bits per heavy atom. The van der Waals surface area contributed by atoms with E-state index >= 15 is 0 Å². The fourth-order valence-electron chi connectivity index (χ4n) is 7.42. The summed E-state index contributed by atoms with van der Waals surface area (Å²) in [5, 5.41) is 22.5. The normalized spacial score (nSPS) is 13.5. The molecule has 1 aliphatic heterocycles. The SMILES string of the molecule is CCN(Cc1nc2c(N)nc3ccccc3c2n1CC(C)(C)O)C(=O)OCc1ccc(NC(=O)C(CCCNC(N)=O)NC(=O)C(NC(=O)CCCCCN2C(=O)C=CC2=O)C(C)C)cc1. The number of urea groups is 1. The van der Waals surface area contributed by atoms with Gasteiger partial charge in [0.1, 0.15) is 30.0 Å². The first-order valence-electron chi connectivity index (χ1n) is 22.1. The van der Waals surface area contributed by atoms with Crippen LogP contribution in [0.2, 0.25) is 0 Å². The summed E-state index contributed by atoms with van der Waals surface area (Å²) in [7, 11) is 0. The van der Waals surface area contributed by atoms with Gasteiger partial charge in [0.2, 0.25) is 17.7 Å². The van der Waals surface area contributed by atoms with Crippen LogP contribution in [0, 0.1) is 5.92 Å². The molecule has 0 bridgehead atoms. The predicted octanol–water partition coefficient (Wildman–Crippen LogP) is 3.59. The highest BCUT2D eigenvalue weighted by Gasteiger charge is 2.30. The molecule has 2 aromatic heterocycles. The summed E-state index contributed by atoms with van der Waals surface area (Å²) in [4.78, 5) is 100. The van der Waals surface area contributed by atoms with Crippen molar-refractivity contribution in [3.8, 4) is 0 Å². The molecule has 0 saturated carbocycles. The highest BCUT2D eigenvalue weighted by molar-refractivity contribution is 6.13. The lowest BCUT2D eigenvalue weighted by Crippen LogP contribution is -2.54. The van der Waals surface area contributed by atoms with Gasteiger partial charge in [-0.15, -0.1) is 0 Å². The molecule has 0 spiro atoms. The monoisotopic (exact) mass is 911 g/mol. The van der Waals surface area contributed by atoms with E-state index < -0.39 is 41.6 Å². The van der Waals surface area contributed by atoms with Crippen molar-refractivity contribution < 1.29 is 43.4 Å². The van der Waals surface area contributed by atoms with Gasteiger partial charge in [-0.1, -0.05) is 50.6 Å². The number of aromatic nitrogens is 3. The minimum atomic E-state index is -1.12. The summed E-state index contributed by atoms with van der Waals surface area (Å²) in [5.41, 5.74) is 13.3. The van der Waals surface area contributed by atoms with Gasteiger partial charge in [0.15, 0.2) is 5.82 Å². The summed E-state index contributed by atoms with van der Waals surface area (Å²) in [6.07, 6.45) is 3.97. The van der Waals surface area contributed by atoms with E-state index in [4.69, 9.17) is 21.2 Å². The van der Waals surface area contributed by atoms with Crippen molar-refractivity contribution in [3.63, 3.8) is 0 Å². The average molecular weight is 912 g/mol. The fraction of sp³-hybridized carbons (Fsp3) is 0.457. The smallest absolute Gasteiger partial charge is 0.410 e. The molecule has 1 aliphatic rings. The third-order valence-corrected chi connectivity index (χ3v) is 10.8. The molecule has 0 radical (unpaired) electrons. The predicted molar refractivity (Wildman–Crippen MR) is 247 cm³/mol. The lowest BCUT2D eigenvalue weighted by atomic mass is 10.0. The number of nitrogens with one attached hydrogen (secondary N) is 4. The second kappa shape index (κ2) is 22.7. The van der Waals surface area contributed by atoms with Crippen molar-refractivity contribution in [2.24, 2.45) is 11.7 Å². The number of fused-ring (bicyclic) bond motifs is 3. The topological polar surface area (TPSA) is 286 Å². The first-order valence-corrected chi connectivity index (χ1v) is 22.1. The number of para-hydroxylation sites is 1. The summed E-state index contributed by atoms with van der Waals surface area (Å²) in [6, 6.07) is 11.4. The number of hydrogen-bond acceptors (Lipinski definition) is 12. The van der Waals surface area contributed by atoms with E-state index in [0.29, 0.717) is 59.3 Å². The van der Waals surface area contributed by atoms with Crippen LogP contribution >= 0.6 is 0 Å². The van der Waals surface area contributed by atoms with E-state index in [9.17, 15) is 38.7 Å². The molecule has 3 heterocycles. The molecule has 20 heteroatoms. The number of imidazole rings is 1. The molecule has 9 N–H and O–H groups in total. The molecule has 20 nitrogen and oxygen atoms in total. The van der Waals surface area contributed by atoms with Crippen LogP contribution in [-0.4, -0.2) is 108 Å². The lowest BCUT2D eigenvalue weighted by Gasteiger charge is -2.25. The molecule has 354 valence electrons. The van der Waals surface area contributed by atoms with Crippen molar-refractivity contribution >= 4 is 75.1 Å². The number of carbonyl (C=O) groups excluding carboxylic acids is 7. The minimum Gasteiger partial charge on any atom is -0.445 e. The molecule has 2 atom stereocenters. The molecule has 0 saturated heterocycles. The number of carbonyl (C=O) groups is 7. The van der Waals surface area contributed by atoms with Crippen LogP contribution in [0.25, 0.3) is 21.9 Å². The quantitative estimate of drug-likeness (QED) is 0.0415. The zero-order chi connectivity index (χ0) is 48.1. The maximum absolute atomic E-state index is 13.6. The first-order chi connectivity index (χ1) is 31.3. The zero-order valence-electron chi connectivity index (χ0n) is 38.1. The summed E-state index contributed by atoms with van der Waals surface area (Å²) < 4.78 is 7.56. The van der Waals surface area contributed by atoms with Crippen LogP contribution in [0.3, 0.4) is 0 Å². The van der Waals surface area contributed by atoms with Crippen LogP contribution in [0.5, 0.6) is 0 Å². The second-order valence-corrected chi connectivity index (χ2v) is 17.1. The number of ether oxygens (including phenoxy) is 1. The summed E-state index contributed by atoms with van der Waals surface area (Å²) >= 11 is 0. The number of rotatable bonds is 23. The molecular weight excluding hydrogens is 851 g/mol. The Bertz CT molecular complexity index is 2430. The van der Waals surface area contributed by atoms with E-state index in [1.165, 1.54) is 17.1 Å². The van der Waals surface area contributed by atoms with Crippen molar-refractivity contribution in [1.29, 1.82) is 0 Å². The zero-order valence-corrected chi connectivity index (χ0v) is 38.1. The van der Waals surface area contributed by atoms with Gasteiger partial charge >= 0.3 is 12.1 Å². The number of nitrogen functional groups attached to an aromatic ring is 1. The van der Waals surface area contributed by atoms with Gasteiger partial charge in [-0.05, 0) is 76.1 Å². The van der Waals surface area contributed by atoms with E-state index in [0.717, 1.165) is 10.3 Å². The molecule has 4 aromatic rings. The fourth-order valence-corrected chi connectivity index (χ4v) is 7.42. The van der Waals surface area contributed by atoms with Crippen molar-refractivity contribution in [1.82, 2.24) is 40.3 Å². The van der Waals surface area contributed by atoms with Crippen LogP contribution in [0.4, 0.5) is 21.1 Å². The number of primary amides is 1. The largest absolute Gasteiger partial charge is 0.445 e. The third-order valence-electron chi connectivity index (χ3n) is 10.8. The molecule has 66 heavy (non-hydrogen) atoms. The van der Waals surface area contributed by atoms with Crippen molar-refractivity contribution in [3.05, 3.63) is 72.1 Å². The number of aliphatic hydroxyl groups is 1. The number of amides is 8. The molecule has 8 amide bonds. The Labute approximate surface area is 382 Å². The summed E-state index contributed by atoms with van der Waals surface area (Å²) in [6.45, 7) is 9.57. The lowest BCUT2D eigenvalue weighted by molar-refractivity contribution is -0.137. The Morgan fingerprint density at radius 3 is 2.26 bits per heavy atom. The van der Waals surface area contributed by atoms with E-state index in [1.807, 2.05) is 35.8 Å². The van der Waals surface area contributed by atoms with E-state index in [2.05, 4.69) is 26.3 Å². The van der Waals surface area contributed by atoms with Gasteiger partial charge < -0.3 is 52.0 Å². The number of unbranched alkanes of at least 4 members (excludes halogenated alkanes) is 2. The van der Waals surface area contributed by atoms with Gasteiger partial charge in [0.25, 0.3) is 11.8 Å².